The Hall–Kier alpha value is -1.71. The lowest BCUT2D eigenvalue weighted by molar-refractivity contribution is 0.402. The van der Waals surface area contributed by atoms with Crippen LogP contribution in [-0.4, -0.2) is 12.2 Å². The van der Waals surface area contributed by atoms with E-state index in [1.165, 1.54) is 0 Å². The zero-order valence-electron chi connectivity index (χ0n) is 12.4. The van der Waals surface area contributed by atoms with E-state index in [2.05, 4.69) is 12.2 Å². The van der Waals surface area contributed by atoms with Crippen LogP contribution in [0, 0.1) is 0 Å². The highest BCUT2D eigenvalue weighted by Crippen LogP contribution is 2.30. The Morgan fingerprint density at radius 1 is 1.05 bits per heavy atom. The van der Waals surface area contributed by atoms with Crippen LogP contribution in [-0.2, 0) is 0 Å². The molecule has 2 N–H and O–H groups in total. The lowest BCUT2D eigenvalue weighted by Crippen LogP contribution is -2.22. The van der Waals surface area contributed by atoms with Gasteiger partial charge in [0.25, 0.3) is 0 Å². The summed E-state index contributed by atoms with van der Waals surface area (Å²) in [5.41, 5.74) is 2.00. The fourth-order valence-corrected chi connectivity index (χ4v) is 2.46. The Balaban J connectivity index is 2.10. The van der Waals surface area contributed by atoms with E-state index in [9.17, 15) is 5.11 Å². The van der Waals surface area contributed by atoms with Crippen molar-refractivity contribution in [1.29, 1.82) is 0 Å². The highest BCUT2D eigenvalue weighted by molar-refractivity contribution is 6.30. The van der Waals surface area contributed by atoms with Crippen LogP contribution in [0.5, 0.6) is 11.5 Å². The molecule has 0 saturated carbocycles. The molecule has 0 saturated heterocycles. The van der Waals surface area contributed by atoms with E-state index in [1.807, 2.05) is 43.3 Å². The van der Waals surface area contributed by atoms with E-state index in [1.54, 1.807) is 13.2 Å². The molecule has 2 aromatic carbocycles. The van der Waals surface area contributed by atoms with E-state index in [0.29, 0.717) is 5.75 Å². The highest BCUT2D eigenvalue weighted by atomic mass is 35.5. The second kappa shape index (κ2) is 6.83. The normalized spacial score (nSPS) is 13.7. The number of hydrogen-bond acceptors (Lipinski definition) is 3. The maximum Gasteiger partial charge on any atom is 0.124 e. The molecule has 0 aromatic heterocycles. The average molecular weight is 306 g/mol. The van der Waals surface area contributed by atoms with Crippen molar-refractivity contribution in [1.82, 2.24) is 5.32 Å². The monoisotopic (exact) mass is 305 g/mol. The van der Waals surface area contributed by atoms with Crippen molar-refractivity contribution in [3.8, 4) is 11.5 Å². The van der Waals surface area contributed by atoms with Gasteiger partial charge in [-0.25, -0.2) is 0 Å². The van der Waals surface area contributed by atoms with Gasteiger partial charge in [0.15, 0.2) is 0 Å². The van der Waals surface area contributed by atoms with Crippen LogP contribution in [0.4, 0.5) is 0 Å². The molecule has 0 spiro atoms. The van der Waals surface area contributed by atoms with Crippen LogP contribution in [0.3, 0.4) is 0 Å². The van der Waals surface area contributed by atoms with Crippen molar-refractivity contribution in [2.24, 2.45) is 0 Å². The predicted molar refractivity (Wildman–Crippen MR) is 86.1 cm³/mol. The number of nitrogens with one attached hydrogen (secondary N) is 1. The first kappa shape index (κ1) is 15.7. The number of methoxy groups -OCH3 is 1. The molecule has 0 aliphatic carbocycles. The fraction of sp³-hybridized carbons (Fsp3) is 0.294. The lowest BCUT2D eigenvalue weighted by Gasteiger charge is -2.21. The topological polar surface area (TPSA) is 41.5 Å². The van der Waals surface area contributed by atoms with Gasteiger partial charge >= 0.3 is 0 Å². The van der Waals surface area contributed by atoms with Gasteiger partial charge in [0.05, 0.1) is 7.11 Å². The molecule has 2 aromatic rings. The van der Waals surface area contributed by atoms with E-state index in [0.717, 1.165) is 16.1 Å². The summed E-state index contributed by atoms with van der Waals surface area (Å²) in [7, 11) is 1.58. The number of benzene rings is 2. The van der Waals surface area contributed by atoms with Crippen LogP contribution >= 0.6 is 11.6 Å². The Bertz CT molecular complexity index is 598. The summed E-state index contributed by atoms with van der Waals surface area (Å²) in [5, 5.41) is 14.3. The number of aromatic hydroxyl groups is 1. The highest BCUT2D eigenvalue weighted by Gasteiger charge is 2.14. The standard InChI is InChI=1S/C17H20ClNO2/c1-11(13-4-6-14(18)7-5-13)19-12(2)16-9-8-15(21-3)10-17(16)20/h4-12,19-20H,1-3H3/t11-,12?/m0/s1. The maximum absolute atomic E-state index is 10.1. The van der Waals surface area contributed by atoms with E-state index < -0.39 is 0 Å². The molecule has 0 aliphatic heterocycles. The van der Waals surface area contributed by atoms with Gasteiger partial charge in [0, 0.05) is 28.7 Å². The SMILES string of the molecule is COc1ccc(C(C)N[C@@H](C)c2ccc(Cl)cc2)c(O)c1. The van der Waals surface area contributed by atoms with E-state index in [-0.39, 0.29) is 17.8 Å². The summed E-state index contributed by atoms with van der Waals surface area (Å²) in [6.45, 7) is 4.11. The van der Waals surface area contributed by atoms with Gasteiger partial charge in [0.2, 0.25) is 0 Å². The number of phenols is 1. The summed E-state index contributed by atoms with van der Waals surface area (Å²) < 4.78 is 5.10. The van der Waals surface area contributed by atoms with Crippen LogP contribution in [0.1, 0.15) is 37.1 Å². The van der Waals surface area contributed by atoms with Gasteiger partial charge in [-0.05, 0) is 37.6 Å². The lowest BCUT2D eigenvalue weighted by atomic mass is 10.0. The molecule has 2 rings (SSSR count). The number of hydrogen-bond donors (Lipinski definition) is 2. The smallest absolute Gasteiger partial charge is 0.124 e. The van der Waals surface area contributed by atoms with Gasteiger partial charge in [-0.2, -0.15) is 0 Å². The van der Waals surface area contributed by atoms with Crippen molar-refractivity contribution in [3.05, 3.63) is 58.6 Å². The van der Waals surface area contributed by atoms with Gasteiger partial charge in [-0.1, -0.05) is 29.8 Å². The maximum atomic E-state index is 10.1. The average Bonchev–Trinajstić information content (AvgIpc) is 2.47. The van der Waals surface area contributed by atoms with Crippen LogP contribution in [0.25, 0.3) is 0 Å². The predicted octanol–water partition coefficient (Wildman–Crippen LogP) is 4.47. The van der Waals surface area contributed by atoms with Crippen molar-refractivity contribution >= 4 is 11.6 Å². The molecule has 1 unspecified atom stereocenters. The zero-order valence-corrected chi connectivity index (χ0v) is 13.2. The Labute approximate surface area is 130 Å². The van der Waals surface area contributed by atoms with E-state index >= 15 is 0 Å². The fourth-order valence-electron chi connectivity index (χ4n) is 2.33. The second-order valence-electron chi connectivity index (χ2n) is 5.09. The summed E-state index contributed by atoms with van der Waals surface area (Å²) in [4.78, 5) is 0. The molecule has 4 heteroatoms. The quantitative estimate of drug-likeness (QED) is 0.856. The molecule has 0 bridgehead atoms. The number of rotatable bonds is 5. The molecule has 0 amide bonds. The molecule has 0 fully saturated rings. The van der Waals surface area contributed by atoms with Crippen molar-refractivity contribution in [2.75, 3.05) is 7.11 Å². The van der Waals surface area contributed by atoms with E-state index in [4.69, 9.17) is 16.3 Å². The molecular formula is C17H20ClNO2. The van der Waals surface area contributed by atoms with Crippen LogP contribution in [0.15, 0.2) is 42.5 Å². The van der Waals surface area contributed by atoms with Crippen molar-refractivity contribution in [3.63, 3.8) is 0 Å². The largest absolute Gasteiger partial charge is 0.507 e. The third-order valence-corrected chi connectivity index (χ3v) is 3.83. The summed E-state index contributed by atoms with van der Waals surface area (Å²) in [6.07, 6.45) is 0. The number of phenolic OH excluding ortho intramolecular Hbond substituents is 1. The van der Waals surface area contributed by atoms with Crippen LogP contribution < -0.4 is 10.1 Å². The third kappa shape index (κ3) is 3.90. The first-order chi connectivity index (χ1) is 10.0. The minimum absolute atomic E-state index is 0.0154. The molecule has 112 valence electrons. The molecule has 0 aliphatic rings. The van der Waals surface area contributed by atoms with Crippen LogP contribution in [0.2, 0.25) is 5.02 Å². The molecular weight excluding hydrogens is 286 g/mol. The zero-order chi connectivity index (χ0) is 15.4. The van der Waals surface area contributed by atoms with Crippen molar-refractivity contribution < 1.29 is 9.84 Å². The Morgan fingerprint density at radius 2 is 1.71 bits per heavy atom. The van der Waals surface area contributed by atoms with Gasteiger partial charge < -0.3 is 15.2 Å². The third-order valence-electron chi connectivity index (χ3n) is 3.57. The van der Waals surface area contributed by atoms with Gasteiger partial charge in [-0.3, -0.25) is 0 Å². The Kier molecular flexibility index (Phi) is 5.10. The number of halogens is 1. The van der Waals surface area contributed by atoms with Gasteiger partial charge in [-0.15, -0.1) is 0 Å². The molecule has 0 radical (unpaired) electrons. The first-order valence-electron chi connectivity index (χ1n) is 6.89. The summed E-state index contributed by atoms with van der Waals surface area (Å²) in [5.74, 6) is 0.881. The summed E-state index contributed by atoms with van der Waals surface area (Å²) in [6, 6.07) is 13.3. The second-order valence-corrected chi connectivity index (χ2v) is 5.52. The first-order valence-corrected chi connectivity index (χ1v) is 7.27. The van der Waals surface area contributed by atoms with Crippen molar-refractivity contribution in [2.45, 2.75) is 25.9 Å². The molecule has 2 atom stereocenters. The molecule has 3 nitrogen and oxygen atoms in total. The Morgan fingerprint density at radius 3 is 2.29 bits per heavy atom. The van der Waals surface area contributed by atoms with Gasteiger partial charge in [0.1, 0.15) is 11.5 Å². The molecule has 21 heavy (non-hydrogen) atoms. The number of ether oxygens (including phenoxy) is 1. The minimum atomic E-state index is 0.0154. The molecule has 0 heterocycles. The summed E-state index contributed by atoms with van der Waals surface area (Å²) >= 11 is 5.90. The minimum Gasteiger partial charge on any atom is -0.507 e.